The molecule has 1 heterocycles. The summed E-state index contributed by atoms with van der Waals surface area (Å²) in [5.74, 6) is -1.20. The number of carbonyl (C=O) groups is 3. The topological polar surface area (TPSA) is 113 Å². The van der Waals surface area contributed by atoms with Gasteiger partial charge in [-0.05, 0) is 31.0 Å². The van der Waals surface area contributed by atoms with Crippen molar-refractivity contribution >= 4 is 27.8 Å². The molecule has 9 nitrogen and oxygen atoms in total. The van der Waals surface area contributed by atoms with Gasteiger partial charge in [0.05, 0.1) is 10.5 Å². The second-order valence-corrected chi connectivity index (χ2v) is 9.85. The number of amides is 2. The molecule has 0 radical (unpaired) electrons. The number of piperazine rings is 1. The van der Waals surface area contributed by atoms with Crippen molar-refractivity contribution in [2.24, 2.45) is 0 Å². The Balaban J connectivity index is 1.58. The normalized spacial score (nSPS) is 18.4. The molecule has 2 amide bonds. The average Bonchev–Trinajstić information content (AvgIpc) is 2.78. The Labute approximate surface area is 182 Å². The third kappa shape index (κ3) is 6.04. The van der Waals surface area contributed by atoms with Crippen molar-refractivity contribution in [2.45, 2.75) is 50.0 Å². The SMILES string of the molecule is CC(=O)N1CCN(S(=O)(=O)c2cccc(C(=O)OCC(=O)NC3CCCCC3)c2)CC1. The smallest absolute Gasteiger partial charge is 0.338 e. The summed E-state index contributed by atoms with van der Waals surface area (Å²) >= 11 is 0. The lowest BCUT2D eigenvalue weighted by Crippen LogP contribution is -2.49. The first-order valence-electron chi connectivity index (χ1n) is 10.6. The van der Waals surface area contributed by atoms with E-state index in [0.29, 0.717) is 13.1 Å². The van der Waals surface area contributed by atoms with Crippen molar-refractivity contribution in [2.75, 3.05) is 32.8 Å². The summed E-state index contributed by atoms with van der Waals surface area (Å²) in [6.07, 6.45) is 5.19. The van der Waals surface area contributed by atoms with Gasteiger partial charge in [-0.1, -0.05) is 25.3 Å². The summed E-state index contributed by atoms with van der Waals surface area (Å²) in [6.45, 7) is 2.09. The molecule has 1 saturated carbocycles. The summed E-state index contributed by atoms with van der Waals surface area (Å²) in [7, 11) is -3.81. The summed E-state index contributed by atoms with van der Waals surface area (Å²) in [5, 5.41) is 2.87. The molecule has 1 aliphatic heterocycles. The molecule has 1 aliphatic carbocycles. The molecule has 1 aromatic rings. The minimum Gasteiger partial charge on any atom is -0.452 e. The second kappa shape index (κ2) is 10.2. The quantitative estimate of drug-likeness (QED) is 0.649. The Kier molecular flexibility index (Phi) is 7.66. The number of hydrogen-bond acceptors (Lipinski definition) is 6. The van der Waals surface area contributed by atoms with E-state index in [2.05, 4.69) is 5.32 Å². The van der Waals surface area contributed by atoms with Gasteiger partial charge in [0.25, 0.3) is 5.91 Å². The Morgan fingerprint density at radius 1 is 1.06 bits per heavy atom. The number of esters is 1. The maximum absolute atomic E-state index is 12.9. The molecular formula is C21H29N3O6S. The van der Waals surface area contributed by atoms with Crippen molar-refractivity contribution in [1.29, 1.82) is 0 Å². The Hall–Kier alpha value is -2.46. The number of ether oxygens (including phenoxy) is 1. The number of nitrogens with one attached hydrogen (secondary N) is 1. The van der Waals surface area contributed by atoms with E-state index in [9.17, 15) is 22.8 Å². The fraction of sp³-hybridized carbons (Fsp3) is 0.571. The lowest BCUT2D eigenvalue weighted by Gasteiger charge is -2.33. The molecule has 10 heteroatoms. The van der Waals surface area contributed by atoms with E-state index in [-0.39, 0.29) is 41.4 Å². The predicted octanol–water partition coefficient (Wildman–Crippen LogP) is 1.15. The highest BCUT2D eigenvalue weighted by Crippen LogP contribution is 2.20. The molecule has 0 spiro atoms. The summed E-state index contributed by atoms with van der Waals surface area (Å²) < 4.78 is 32.2. The highest BCUT2D eigenvalue weighted by Gasteiger charge is 2.29. The number of hydrogen-bond donors (Lipinski definition) is 1. The van der Waals surface area contributed by atoms with Crippen LogP contribution < -0.4 is 5.32 Å². The van der Waals surface area contributed by atoms with Crippen LogP contribution >= 0.6 is 0 Å². The monoisotopic (exact) mass is 451 g/mol. The van der Waals surface area contributed by atoms with Gasteiger partial charge in [0.15, 0.2) is 6.61 Å². The van der Waals surface area contributed by atoms with Gasteiger partial charge >= 0.3 is 5.97 Å². The van der Waals surface area contributed by atoms with Crippen LogP contribution in [0, 0.1) is 0 Å². The standard InChI is InChI=1S/C21H29N3O6S/c1-16(25)23-10-12-24(13-11-23)31(28,29)19-9-5-6-17(14-19)21(27)30-15-20(26)22-18-7-3-2-4-8-18/h5-6,9,14,18H,2-4,7-8,10-13,15H2,1H3,(H,22,26). The highest BCUT2D eigenvalue weighted by atomic mass is 32.2. The largest absolute Gasteiger partial charge is 0.452 e. The molecule has 3 rings (SSSR count). The van der Waals surface area contributed by atoms with E-state index in [1.165, 1.54) is 41.9 Å². The lowest BCUT2D eigenvalue weighted by molar-refractivity contribution is -0.130. The predicted molar refractivity (Wildman–Crippen MR) is 113 cm³/mol. The van der Waals surface area contributed by atoms with Crippen LogP contribution in [-0.2, 0) is 24.3 Å². The molecule has 0 unspecified atom stereocenters. The van der Waals surface area contributed by atoms with Crippen molar-refractivity contribution < 1.29 is 27.5 Å². The van der Waals surface area contributed by atoms with Crippen LogP contribution in [0.5, 0.6) is 0 Å². The van der Waals surface area contributed by atoms with Crippen LogP contribution in [0.3, 0.4) is 0 Å². The van der Waals surface area contributed by atoms with Gasteiger partial charge in [0.1, 0.15) is 0 Å². The minimum absolute atomic E-state index is 0.0233. The zero-order valence-corrected chi connectivity index (χ0v) is 18.5. The van der Waals surface area contributed by atoms with Crippen LogP contribution in [0.15, 0.2) is 29.2 Å². The van der Waals surface area contributed by atoms with E-state index in [0.717, 1.165) is 25.7 Å². The van der Waals surface area contributed by atoms with Gasteiger partial charge in [-0.2, -0.15) is 4.31 Å². The molecule has 1 N–H and O–H groups in total. The molecule has 0 bridgehead atoms. The second-order valence-electron chi connectivity index (χ2n) is 7.92. The third-order valence-corrected chi connectivity index (χ3v) is 7.59. The van der Waals surface area contributed by atoms with Crippen LogP contribution in [0.1, 0.15) is 49.4 Å². The van der Waals surface area contributed by atoms with Gasteiger partial charge in [-0.15, -0.1) is 0 Å². The third-order valence-electron chi connectivity index (χ3n) is 5.70. The molecule has 31 heavy (non-hydrogen) atoms. The summed E-state index contributed by atoms with van der Waals surface area (Å²) in [6, 6.07) is 5.72. The summed E-state index contributed by atoms with van der Waals surface area (Å²) in [4.78, 5) is 37.4. The van der Waals surface area contributed by atoms with Crippen LogP contribution in [0.25, 0.3) is 0 Å². The van der Waals surface area contributed by atoms with Crippen molar-refractivity contribution in [3.63, 3.8) is 0 Å². The van der Waals surface area contributed by atoms with Crippen LogP contribution in [0.4, 0.5) is 0 Å². The van der Waals surface area contributed by atoms with E-state index < -0.39 is 22.6 Å². The van der Waals surface area contributed by atoms with Gasteiger partial charge in [0, 0.05) is 39.1 Å². The Morgan fingerprint density at radius 2 is 1.74 bits per heavy atom. The maximum Gasteiger partial charge on any atom is 0.338 e. The number of rotatable bonds is 6. The molecule has 2 fully saturated rings. The van der Waals surface area contributed by atoms with Crippen molar-refractivity contribution in [1.82, 2.24) is 14.5 Å². The molecule has 1 saturated heterocycles. The first kappa shape index (κ1) is 23.2. The van der Waals surface area contributed by atoms with Gasteiger partial charge < -0.3 is 15.0 Å². The minimum atomic E-state index is -3.81. The van der Waals surface area contributed by atoms with E-state index in [1.807, 2.05) is 0 Å². The molecule has 2 aliphatic rings. The number of benzene rings is 1. The molecule has 0 aromatic heterocycles. The van der Waals surface area contributed by atoms with E-state index >= 15 is 0 Å². The van der Waals surface area contributed by atoms with Crippen molar-refractivity contribution in [3.8, 4) is 0 Å². The molecule has 0 atom stereocenters. The van der Waals surface area contributed by atoms with Gasteiger partial charge in [-0.25, -0.2) is 13.2 Å². The molecular weight excluding hydrogens is 422 g/mol. The van der Waals surface area contributed by atoms with Crippen LogP contribution in [-0.4, -0.2) is 74.2 Å². The van der Waals surface area contributed by atoms with Crippen LogP contribution in [0.2, 0.25) is 0 Å². The Bertz CT molecular complexity index is 919. The fourth-order valence-electron chi connectivity index (χ4n) is 3.91. The van der Waals surface area contributed by atoms with Crippen molar-refractivity contribution in [3.05, 3.63) is 29.8 Å². The average molecular weight is 452 g/mol. The lowest BCUT2D eigenvalue weighted by atomic mass is 9.95. The first-order chi connectivity index (χ1) is 14.8. The first-order valence-corrected chi connectivity index (χ1v) is 12.0. The fourth-order valence-corrected chi connectivity index (χ4v) is 5.38. The van der Waals surface area contributed by atoms with Gasteiger partial charge in [-0.3, -0.25) is 9.59 Å². The summed E-state index contributed by atoms with van der Waals surface area (Å²) in [5.41, 5.74) is 0.0638. The highest BCUT2D eigenvalue weighted by molar-refractivity contribution is 7.89. The number of sulfonamides is 1. The zero-order chi connectivity index (χ0) is 22.4. The Morgan fingerprint density at radius 3 is 2.39 bits per heavy atom. The molecule has 170 valence electrons. The van der Waals surface area contributed by atoms with Gasteiger partial charge in [0.2, 0.25) is 15.9 Å². The number of nitrogens with zero attached hydrogens (tertiary/aromatic N) is 2. The maximum atomic E-state index is 12.9. The van der Waals surface area contributed by atoms with E-state index in [4.69, 9.17) is 4.74 Å². The zero-order valence-electron chi connectivity index (χ0n) is 17.7. The number of carbonyl (C=O) groups excluding carboxylic acids is 3. The van der Waals surface area contributed by atoms with E-state index in [1.54, 1.807) is 4.90 Å². The molecule has 1 aromatic carbocycles.